The summed E-state index contributed by atoms with van der Waals surface area (Å²) >= 11 is 0. The molecule has 0 radical (unpaired) electrons. The molecule has 0 aromatic carbocycles. The van der Waals surface area contributed by atoms with Crippen molar-refractivity contribution in [2.75, 3.05) is 27.2 Å². The van der Waals surface area contributed by atoms with E-state index in [4.69, 9.17) is 0 Å². The van der Waals surface area contributed by atoms with Crippen LogP contribution in [0.2, 0.25) is 0 Å². The molecule has 0 aliphatic rings. The molecule has 0 spiro atoms. The van der Waals surface area contributed by atoms with Gasteiger partial charge in [0.25, 0.3) is 0 Å². The highest BCUT2D eigenvalue weighted by atomic mass is 16.3. The summed E-state index contributed by atoms with van der Waals surface area (Å²) in [5.41, 5.74) is 0.425. The number of nitrogens with zero attached hydrogens (tertiary/aromatic N) is 3. The predicted molar refractivity (Wildman–Crippen MR) is 64.1 cm³/mol. The summed E-state index contributed by atoms with van der Waals surface area (Å²) in [6.45, 7) is 3.79. The van der Waals surface area contributed by atoms with E-state index in [0.29, 0.717) is 13.1 Å². The Bertz CT molecular complexity index is 320. The summed E-state index contributed by atoms with van der Waals surface area (Å²) in [7, 11) is 5.80. The molecule has 0 aliphatic carbocycles. The molecule has 1 aromatic heterocycles. The van der Waals surface area contributed by atoms with Crippen molar-refractivity contribution in [2.45, 2.75) is 19.1 Å². The number of nitrogens with one attached hydrogen (secondary N) is 1. The third-order valence-corrected chi connectivity index (χ3v) is 2.25. The van der Waals surface area contributed by atoms with Gasteiger partial charge in [0.2, 0.25) is 0 Å². The van der Waals surface area contributed by atoms with Crippen LogP contribution in [0.3, 0.4) is 0 Å². The van der Waals surface area contributed by atoms with Crippen molar-refractivity contribution in [3.8, 4) is 0 Å². The number of likely N-dealkylation sites (N-methyl/N-ethyl adjacent to an activating group) is 1. The van der Waals surface area contributed by atoms with Gasteiger partial charge in [-0.3, -0.25) is 4.68 Å². The van der Waals surface area contributed by atoms with Gasteiger partial charge in [-0.2, -0.15) is 5.10 Å². The molecule has 92 valence electrons. The van der Waals surface area contributed by atoms with Crippen LogP contribution in [0.1, 0.15) is 12.5 Å². The van der Waals surface area contributed by atoms with Crippen molar-refractivity contribution in [2.24, 2.45) is 7.05 Å². The van der Waals surface area contributed by atoms with Gasteiger partial charge in [0.05, 0.1) is 11.8 Å². The van der Waals surface area contributed by atoms with Gasteiger partial charge in [-0.25, -0.2) is 0 Å². The van der Waals surface area contributed by atoms with Crippen LogP contribution in [0, 0.1) is 0 Å². The largest absolute Gasteiger partial charge is 0.388 e. The van der Waals surface area contributed by atoms with Gasteiger partial charge in [0.1, 0.15) is 0 Å². The average molecular weight is 226 g/mol. The Morgan fingerprint density at radius 2 is 2.25 bits per heavy atom. The fourth-order valence-electron chi connectivity index (χ4n) is 1.78. The second-order valence-electron chi connectivity index (χ2n) is 4.86. The molecule has 1 rings (SSSR count). The molecule has 1 unspecified atom stereocenters. The molecule has 0 saturated heterocycles. The number of hydrogen-bond donors (Lipinski definition) is 2. The van der Waals surface area contributed by atoms with Gasteiger partial charge in [0, 0.05) is 38.4 Å². The van der Waals surface area contributed by atoms with Gasteiger partial charge < -0.3 is 15.3 Å². The molecule has 1 atom stereocenters. The van der Waals surface area contributed by atoms with E-state index in [2.05, 4.69) is 10.4 Å². The van der Waals surface area contributed by atoms with Crippen LogP contribution in [-0.4, -0.2) is 52.6 Å². The molecule has 5 heteroatoms. The summed E-state index contributed by atoms with van der Waals surface area (Å²) in [5.74, 6) is 0. The Morgan fingerprint density at radius 1 is 1.56 bits per heavy atom. The molecular weight excluding hydrogens is 204 g/mol. The normalized spacial score (nSPS) is 15.4. The van der Waals surface area contributed by atoms with Crippen molar-refractivity contribution in [3.05, 3.63) is 18.0 Å². The second-order valence-corrected chi connectivity index (χ2v) is 4.86. The third kappa shape index (κ3) is 4.74. The SMILES string of the molecule is CN(C)CC(C)(O)CNCc1cnn(C)c1. The van der Waals surface area contributed by atoms with Crippen molar-refractivity contribution >= 4 is 0 Å². The summed E-state index contributed by atoms with van der Waals surface area (Å²) in [4.78, 5) is 1.98. The molecule has 1 heterocycles. The van der Waals surface area contributed by atoms with Crippen molar-refractivity contribution in [1.82, 2.24) is 20.0 Å². The van der Waals surface area contributed by atoms with E-state index in [0.717, 1.165) is 12.1 Å². The van der Waals surface area contributed by atoms with Crippen LogP contribution in [0.25, 0.3) is 0 Å². The topological polar surface area (TPSA) is 53.3 Å². The lowest BCUT2D eigenvalue weighted by Gasteiger charge is -2.27. The van der Waals surface area contributed by atoms with Crippen molar-refractivity contribution in [1.29, 1.82) is 0 Å². The maximum atomic E-state index is 10.0. The van der Waals surface area contributed by atoms with Gasteiger partial charge in [-0.15, -0.1) is 0 Å². The summed E-state index contributed by atoms with van der Waals surface area (Å²) in [6.07, 6.45) is 3.79. The molecule has 0 fully saturated rings. The molecule has 16 heavy (non-hydrogen) atoms. The summed E-state index contributed by atoms with van der Waals surface area (Å²) < 4.78 is 1.77. The standard InChI is InChI=1S/C11H22N4O/c1-11(16,9-14(2)3)8-12-5-10-6-13-15(4)7-10/h6-7,12,16H,5,8-9H2,1-4H3. The number of hydrogen-bond acceptors (Lipinski definition) is 4. The Kier molecular flexibility index (Phi) is 4.46. The lowest BCUT2D eigenvalue weighted by molar-refractivity contribution is 0.0336. The maximum Gasteiger partial charge on any atom is 0.0869 e. The first-order chi connectivity index (χ1) is 7.39. The minimum atomic E-state index is -0.703. The summed E-state index contributed by atoms with van der Waals surface area (Å²) in [5, 5.41) is 17.4. The van der Waals surface area contributed by atoms with Crippen LogP contribution in [0.15, 0.2) is 12.4 Å². The monoisotopic (exact) mass is 226 g/mol. The molecule has 0 saturated carbocycles. The minimum Gasteiger partial charge on any atom is -0.388 e. The van der Waals surface area contributed by atoms with Gasteiger partial charge in [0.15, 0.2) is 0 Å². The number of aromatic nitrogens is 2. The highest BCUT2D eigenvalue weighted by Crippen LogP contribution is 2.03. The van der Waals surface area contributed by atoms with Gasteiger partial charge in [-0.1, -0.05) is 0 Å². The Balaban J connectivity index is 2.29. The predicted octanol–water partition coefficient (Wildman–Crippen LogP) is -0.178. The Hall–Kier alpha value is -0.910. The fourth-order valence-corrected chi connectivity index (χ4v) is 1.78. The van der Waals surface area contributed by atoms with Crippen LogP contribution in [0.4, 0.5) is 0 Å². The van der Waals surface area contributed by atoms with Gasteiger partial charge in [-0.05, 0) is 21.0 Å². The highest BCUT2D eigenvalue weighted by Gasteiger charge is 2.20. The molecule has 2 N–H and O–H groups in total. The molecule has 5 nitrogen and oxygen atoms in total. The molecule has 1 aromatic rings. The van der Waals surface area contributed by atoms with E-state index < -0.39 is 5.60 Å². The Morgan fingerprint density at radius 3 is 2.75 bits per heavy atom. The lowest BCUT2D eigenvalue weighted by atomic mass is 10.1. The van der Waals surface area contributed by atoms with Crippen LogP contribution in [0.5, 0.6) is 0 Å². The fraction of sp³-hybridized carbons (Fsp3) is 0.727. The minimum absolute atomic E-state index is 0.570. The smallest absolute Gasteiger partial charge is 0.0869 e. The zero-order valence-corrected chi connectivity index (χ0v) is 10.6. The summed E-state index contributed by atoms with van der Waals surface area (Å²) in [6, 6.07) is 0. The number of aryl methyl sites for hydroxylation is 1. The zero-order valence-electron chi connectivity index (χ0n) is 10.6. The maximum absolute atomic E-state index is 10.0. The van der Waals surface area contributed by atoms with E-state index >= 15 is 0 Å². The van der Waals surface area contributed by atoms with Crippen molar-refractivity contribution in [3.63, 3.8) is 0 Å². The molecule has 0 aliphatic heterocycles. The molecular formula is C11H22N4O. The molecule has 0 amide bonds. The number of aliphatic hydroxyl groups is 1. The van der Waals surface area contributed by atoms with Crippen LogP contribution < -0.4 is 5.32 Å². The van der Waals surface area contributed by atoms with Crippen LogP contribution >= 0.6 is 0 Å². The van der Waals surface area contributed by atoms with E-state index in [-0.39, 0.29) is 0 Å². The highest BCUT2D eigenvalue weighted by molar-refractivity contribution is 5.03. The van der Waals surface area contributed by atoms with E-state index in [9.17, 15) is 5.11 Å². The zero-order chi connectivity index (χ0) is 12.2. The number of rotatable bonds is 6. The lowest BCUT2D eigenvalue weighted by Crippen LogP contribution is -2.45. The Labute approximate surface area is 97.1 Å². The first-order valence-electron chi connectivity index (χ1n) is 5.44. The quantitative estimate of drug-likeness (QED) is 0.707. The second kappa shape index (κ2) is 5.43. The van der Waals surface area contributed by atoms with Crippen LogP contribution in [-0.2, 0) is 13.6 Å². The van der Waals surface area contributed by atoms with Crippen molar-refractivity contribution < 1.29 is 5.11 Å². The average Bonchev–Trinajstić information content (AvgIpc) is 2.48. The molecule has 0 bridgehead atoms. The third-order valence-electron chi connectivity index (χ3n) is 2.25. The van der Waals surface area contributed by atoms with E-state index in [1.165, 1.54) is 0 Å². The first kappa shape index (κ1) is 13.2. The van der Waals surface area contributed by atoms with E-state index in [1.54, 1.807) is 4.68 Å². The van der Waals surface area contributed by atoms with Gasteiger partial charge >= 0.3 is 0 Å². The van der Waals surface area contributed by atoms with E-state index in [1.807, 2.05) is 45.4 Å². The first-order valence-corrected chi connectivity index (χ1v) is 5.44.